The molecule has 0 fully saturated rings. The predicted molar refractivity (Wildman–Crippen MR) is 81.5 cm³/mol. The Morgan fingerprint density at radius 2 is 1.95 bits per heavy atom. The third-order valence-electron chi connectivity index (χ3n) is 3.28. The van der Waals surface area contributed by atoms with Gasteiger partial charge >= 0.3 is 6.03 Å². The molecule has 0 spiro atoms. The Hall–Kier alpha value is -1.55. The van der Waals surface area contributed by atoms with E-state index in [1.54, 1.807) is 6.92 Å². The zero-order valence-electron chi connectivity index (χ0n) is 12.9. The summed E-state index contributed by atoms with van der Waals surface area (Å²) >= 11 is 0. The molecule has 2 amide bonds. The number of urea groups is 1. The Bertz CT molecular complexity index is 442. The van der Waals surface area contributed by atoms with Gasteiger partial charge < -0.3 is 15.7 Å². The maximum Gasteiger partial charge on any atom is 0.315 e. The first-order chi connectivity index (χ1) is 9.30. The number of amides is 2. The summed E-state index contributed by atoms with van der Waals surface area (Å²) in [5.41, 5.74) is 2.17. The Morgan fingerprint density at radius 1 is 1.30 bits per heavy atom. The summed E-state index contributed by atoms with van der Waals surface area (Å²) in [7, 11) is 0. The van der Waals surface area contributed by atoms with E-state index in [0.29, 0.717) is 19.5 Å². The van der Waals surface area contributed by atoms with E-state index in [1.807, 2.05) is 45.0 Å². The number of rotatable bonds is 6. The second-order valence-corrected chi connectivity index (χ2v) is 6.18. The Kier molecular flexibility index (Phi) is 6.02. The Balaban J connectivity index is 2.36. The summed E-state index contributed by atoms with van der Waals surface area (Å²) < 4.78 is 0. The zero-order valence-corrected chi connectivity index (χ0v) is 12.9. The smallest absolute Gasteiger partial charge is 0.315 e. The molecule has 0 aliphatic heterocycles. The van der Waals surface area contributed by atoms with Crippen molar-refractivity contribution in [2.75, 3.05) is 6.54 Å². The highest BCUT2D eigenvalue weighted by molar-refractivity contribution is 5.73. The number of aryl methyl sites for hydroxylation is 1. The predicted octanol–water partition coefficient (Wildman–Crippen LogP) is 2.59. The first kappa shape index (κ1) is 16.5. The van der Waals surface area contributed by atoms with E-state index in [0.717, 1.165) is 5.56 Å². The molecule has 4 nitrogen and oxygen atoms in total. The standard InChI is InChI=1S/C16H26N2O2/c1-12-7-5-6-8-14(12)10-17-15(20)18-11-16(3,4)9-13(2)19/h5-8,13,19H,9-11H2,1-4H3,(H2,17,18,20). The molecule has 20 heavy (non-hydrogen) atoms. The molecule has 1 aromatic carbocycles. The lowest BCUT2D eigenvalue weighted by Gasteiger charge is -2.26. The number of carbonyl (C=O) groups is 1. The number of benzene rings is 1. The molecule has 0 saturated carbocycles. The Labute approximate surface area is 121 Å². The van der Waals surface area contributed by atoms with Gasteiger partial charge in [-0.15, -0.1) is 0 Å². The maximum absolute atomic E-state index is 11.8. The number of carbonyl (C=O) groups excluding carboxylic acids is 1. The summed E-state index contributed by atoms with van der Waals surface area (Å²) in [6, 6.07) is 7.81. The van der Waals surface area contributed by atoms with Crippen LogP contribution in [0.3, 0.4) is 0 Å². The second-order valence-electron chi connectivity index (χ2n) is 6.18. The highest BCUT2D eigenvalue weighted by Gasteiger charge is 2.20. The van der Waals surface area contributed by atoms with Gasteiger partial charge in [0.1, 0.15) is 0 Å². The molecule has 0 aliphatic rings. The van der Waals surface area contributed by atoms with E-state index < -0.39 is 0 Å². The molecule has 4 heteroatoms. The maximum atomic E-state index is 11.8. The van der Waals surface area contributed by atoms with Crippen LogP contribution in [0.15, 0.2) is 24.3 Å². The van der Waals surface area contributed by atoms with E-state index in [-0.39, 0.29) is 17.6 Å². The van der Waals surface area contributed by atoms with Gasteiger partial charge in [0, 0.05) is 13.1 Å². The van der Waals surface area contributed by atoms with Crippen LogP contribution in [0.2, 0.25) is 0 Å². The molecule has 1 aromatic rings. The summed E-state index contributed by atoms with van der Waals surface area (Å²) in [6.45, 7) is 8.91. The summed E-state index contributed by atoms with van der Waals surface area (Å²) in [4.78, 5) is 11.8. The molecule has 0 aliphatic carbocycles. The van der Waals surface area contributed by atoms with Crippen molar-refractivity contribution in [3.05, 3.63) is 35.4 Å². The molecule has 0 radical (unpaired) electrons. The fraction of sp³-hybridized carbons (Fsp3) is 0.562. The fourth-order valence-corrected chi connectivity index (χ4v) is 2.24. The zero-order chi connectivity index (χ0) is 15.2. The van der Waals surface area contributed by atoms with E-state index in [9.17, 15) is 9.90 Å². The van der Waals surface area contributed by atoms with Crippen LogP contribution in [-0.4, -0.2) is 23.8 Å². The minimum Gasteiger partial charge on any atom is -0.393 e. The summed E-state index contributed by atoms with van der Waals surface area (Å²) in [5.74, 6) is 0. The topological polar surface area (TPSA) is 61.4 Å². The third kappa shape index (κ3) is 6.06. The van der Waals surface area contributed by atoms with Gasteiger partial charge in [-0.1, -0.05) is 38.1 Å². The lowest BCUT2D eigenvalue weighted by Crippen LogP contribution is -2.41. The largest absolute Gasteiger partial charge is 0.393 e. The number of aliphatic hydroxyl groups is 1. The summed E-state index contributed by atoms with van der Waals surface area (Å²) in [5, 5.41) is 15.1. The lowest BCUT2D eigenvalue weighted by atomic mass is 9.87. The van der Waals surface area contributed by atoms with Crippen LogP contribution in [0.25, 0.3) is 0 Å². The van der Waals surface area contributed by atoms with Gasteiger partial charge in [-0.3, -0.25) is 0 Å². The molecular formula is C16H26N2O2. The van der Waals surface area contributed by atoms with E-state index in [4.69, 9.17) is 0 Å². The van der Waals surface area contributed by atoms with Gasteiger partial charge in [0.05, 0.1) is 6.10 Å². The van der Waals surface area contributed by atoms with E-state index in [2.05, 4.69) is 10.6 Å². The van der Waals surface area contributed by atoms with Gasteiger partial charge in [0.2, 0.25) is 0 Å². The fourth-order valence-electron chi connectivity index (χ4n) is 2.24. The Morgan fingerprint density at radius 3 is 2.55 bits per heavy atom. The monoisotopic (exact) mass is 278 g/mol. The van der Waals surface area contributed by atoms with Gasteiger partial charge in [0.25, 0.3) is 0 Å². The van der Waals surface area contributed by atoms with Gasteiger partial charge in [0.15, 0.2) is 0 Å². The van der Waals surface area contributed by atoms with Crippen LogP contribution in [-0.2, 0) is 6.54 Å². The highest BCUT2D eigenvalue weighted by atomic mass is 16.3. The molecule has 3 N–H and O–H groups in total. The van der Waals surface area contributed by atoms with E-state index in [1.165, 1.54) is 5.56 Å². The number of nitrogens with one attached hydrogen (secondary N) is 2. The molecule has 1 atom stereocenters. The molecule has 1 unspecified atom stereocenters. The van der Waals surface area contributed by atoms with Crippen molar-refractivity contribution >= 4 is 6.03 Å². The number of aliphatic hydroxyl groups excluding tert-OH is 1. The molecule has 0 heterocycles. The van der Waals surface area contributed by atoms with Crippen molar-refractivity contribution in [1.82, 2.24) is 10.6 Å². The number of hydrogen-bond donors (Lipinski definition) is 3. The van der Waals surface area contributed by atoms with Crippen molar-refractivity contribution in [2.24, 2.45) is 5.41 Å². The minimum absolute atomic E-state index is 0.117. The first-order valence-corrected chi connectivity index (χ1v) is 7.04. The van der Waals surface area contributed by atoms with Crippen molar-refractivity contribution in [3.63, 3.8) is 0 Å². The van der Waals surface area contributed by atoms with Gasteiger partial charge in [-0.2, -0.15) is 0 Å². The molecule has 0 aromatic heterocycles. The first-order valence-electron chi connectivity index (χ1n) is 7.04. The normalized spacial score (nSPS) is 12.8. The lowest BCUT2D eigenvalue weighted by molar-refractivity contribution is 0.129. The second kappa shape index (κ2) is 7.29. The van der Waals surface area contributed by atoms with Crippen LogP contribution in [0.5, 0.6) is 0 Å². The molecule has 0 saturated heterocycles. The van der Waals surface area contributed by atoms with Crippen molar-refractivity contribution < 1.29 is 9.90 Å². The molecular weight excluding hydrogens is 252 g/mol. The highest BCUT2D eigenvalue weighted by Crippen LogP contribution is 2.20. The quantitative estimate of drug-likeness (QED) is 0.749. The van der Waals surface area contributed by atoms with Crippen LogP contribution in [0.1, 0.15) is 38.3 Å². The van der Waals surface area contributed by atoms with Crippen LogP contribution in [0, 0.1) is 12.3 Å². The molecule has 0 bridgehead atoms. The molecule has 1 rings (SSSR count). The SMILES string of the molecule is Cc1ccccc1CNC(=O)NCC(C)(C)CC(C)O. The van der Waals surface area contributed by atoms with Crippen LogP contribution >= 0.6 is 0 Å². The summed E-state index contributed by atoms with van der Waals surface area (Å²) in [6.07, 6.45) is 0.298. The third-order valence-corrected chi connectivity index (χ3v) is 3.28. The minimum atomic E-state index is -0.359. The van der Waals surface area contributed by atoms with E-state index >= 15 is 0 Å². The van der Waals surface area contributed by atoms with Crippen molar-refractivity contribution in [1.29, 1.82) is 0 Å². The van der Waals surface area contributed by atoms with Crippen molar-refractivity contribution in [3.8, 4) is 0 Å². The van der Waals surface area contributed by atoms with Gasteiger partial charge in [-0.05, 0) is 36.8 Å². The molecule has 112 valence electrons. The van der Waals surface area contributed by atoms with Crippen LogP contribution in [0.4, 0.5) is 4.79 Å². The average molecular weight is 278 g/mol. The van der Waals surface area contributed by atoms with Gasteiger partial charge in [-0.25, -0.2) is 4.79 Å². The van der Waals surface area contributed by atoms with Crippen LogP contribution < -0.4 is 10.6 Å². The number of hydrogen-bond acceptors (Lipinski definition) is 2. The average Bonchev–Trinajstić information content (AvgIpc) is 2.34. The van der Waals surface area contributed by atoms with Crippen molar-refractivity contribution in [2.45, 2.75) is 46.8 Å².